The Kier molecular flexibility index (Phi) is 5.88. The van der Waals surface area contributed by atoms with Gasteiger partial charge in [-0.25, -0.2) is 4.39 Å². The Hall–Kier alpha value is -3.42. The van der Waals surface area contributed by atoms with Gasteiger partial charge < -0.3 is 19.7 Å². The number of rotatable bonds is 6. The van der Waals surface area contributed by atoms with E-state index in [4.69, 9.17) is 9.47 Å². The first-order chi connectivity index (χ1) is 13.5. The minimum atomic E-state index is -0.645. The second-order valence-corrected chi connectivity index (χ2v) is 6.27. The van der Waals surface area contributed by atoms with Crippen LogP contribution >= 0.6 is 0 Å². The first kappa shape index (κ1) is 19.3. The molecule has 1 heterocycles. The van der Waals surface area contributed by atoms with E-state index in [1.165, 1.54) is 29.2 Å². The first-order valence-corrected chi connectivity index (χ1v) is 8.62. The van der Waals surface area contributed by atoms with Crippen molar-refractivity contribution in [3.8, 4) is 5.75 Å². The van der Waals surface area contributed by atoms with Crippen molar-refractivity contribution < 1.29 is 28.2 Å². The number of anilines is 2. The topological polar surface area (TPSA) is 84.9 Å². The molecule has 1 atom stereocenters. The zero-order chi connectivity index (χ0) is 20.1. The molecule has 0 aliphatic carbocycles. The van der Waals surface area contributed by atoms with Gasteiger partial charge in [0.15, 0.2) is 6.61 Å². The summed E-state index contributed by atoms with van der Waals surface area (Å²) >= 11 is 0. The molecule has 8 heteroatoms. The minimum absolute atomic E-state index is 0.0183. The Bertz CT molecular complexity index is 867. The maximum atomic E-state index is 12.9. The molecule has 1 unspecified atom stereocenters. The first-order valence-electron chi connectivity index (χ1n) is 8.62. The van der Waals surface area contributed by atoms with E-state index in [-0.39, 0.29) is 18.9 Å². The number of ether oxygens (including phenoxy) is 2. The van der Waals surface area contributed by atoms with E-state index in [2.05, 4.69) is 5.32 Å². The van der Waals surface area contributed by atoms with Gasteiger partial charge in [0.2, 0.25) is 5.91 Å². The summed E-state index contributed by atoms with van der Waals surface area (Å²) in [6.07, 6.45) is 0.0183. The molecule has 0 radical (unpaired) electrons. The Morgan fingerprint density at radius 3 is 2.46 bits per heavy atom. The lowest BCUT2D eigenvalue weighted by molar-refractivity contribution is -0.151. The normalized spacial score (nSPS) is 16.0. The number of hydrogen-bond acceptors (Lipinski definition) is 5. The third-order valence-corrected chi connectivity index (χ3v) is 4.32. The van der Waals surface area contributed by atoms with Crippen LogP contribution in [0.2, 0.25) is 0 Å². The van der Waals surface area contributed by atoms with E-state index in [1.54, 1.807) is 31.4 Å². The molecule has 2 amide bonds. The quantitative estimate of drug-likeness (QED) is 0.771. The van der Waals surface area contributed by atoms with Crippen LogP contribution in [0.1, 0.15) is 6.42 Å². The largest absolute Gasteiger partial charge is 0.497 e. The van der Waals surface area contributed by atoms with Crippen molar-refractivity contribution in [2.75, 3.05) is 30.5 Å². The highest BCUT2D eigenvalue weighted by Crippen LogP contribution is 2.27. The van der Waals surface area contributed by atoms with Crippen LogP contribution in [0.25, 0.3) is 0 Å². The van der Waals surface area contributed by atoms with Crippen LogP contribution in [-0.2, 0) is 19.1 Å². The maximum Gasteiger partial charge on any atom is 0.311 e. The van der Waals surface area contributed by atoms with Crippen molar-refractivity contribution in [3.63, 3.8) is 0 Å². The fraction of sp³-hybridized carbons (Fsp3) is 0.250. The van der Waals surface area contributed by atoms with Gasteiger partial charge in [0, 0.05) is 24.3 Å². The highest BCUT2D eigenvalue weighted by Gasteiger charge is 2.36. The fourth-order valence-electron chi connectivity index (χ4n) is 2.86. The van der Waals surface area contributed by atoms with Gasteiger partial charge in [0.25, 0.3) is 5.91 Å². The molecule has 1 aliphatic heterocycles. The number of amides is 2. The zero-order valence-corrected chi connectivity index (χ0v) is 15.2. The summed E-state index contributed by atoms with van der Waals surface area (Å²) in [6.45, 7) is -0.299. The molecule has 1 N–H and O–H groups in total. The molecule has 1 aliphatic rings. The summed E-state index contributed by atoms with van der Waals surface area (Å²) in [5.74, 6) is -1.75. The molecular formula is C20H19FN2O5. The molecule has 2 aromatic carbocycles. The number of nitrogens with one attached hydrogen (secondary N) is 1. The van der Waals surface area contributed by atoms with Crippen molar-refractivity contribution in [2.45, 2.75) is 6.42 Å². The predicted molar refractivity (Wildman–Crippen MR) is 99.4 cm³/mol. The lowest BCUT2D eigenvalue weighted by Gasteiger charge is -2.16. The Morgan fingerprint density at radius 2 is 1.82 bits per heavy atom. The summed E-state index contributed by atoms with van der Waals surface area (Å²) in [7, 11) is 1.55. The molecule has 28 heavy (non-hydrogen) atoms. The zero-order valence-electron chi connectivity index (χ0n) is 15.2. The molecule has 3 rings (SSSR count). The van der Waals surface area contributed by atoms with Crippen molar-refractivity contribution in [3.05, 3.63) is 54.3 Å². The number of benzene rings is 2. The molecule has 0 saturated carbocycles. The smallest absolute Gasteiger partial charge is 0.311 e. The SMILES string of the molecule is COc1ccc(N2CC(C(=O)OCC(=O)Nc3ccc(F)cc3)CC2=O)cc1. The fourth-order valence-corrected chi connectivity index (χ4v) is 2.86. The van der Waals surface area contributed by atoms with Crippen molar-refractivity contribution in [1.82, 2.24) is 0 Å². The lowest BCUT2D eigenvalue weighted by atomic mass is 10.1. The van der Waals surface area contributed by atoms with Gasteiger partial charge in [-0.3, -0.25) is 14.4 Å². The van der Waals surface area contributed by atoms with Crippen molar-refractivity contribution >= 4 is 29.2 Å². The number of nitrogens with zero attached hydrogens (tertiary/aromatic N) is 1. The van der Waals surface area contributed by atoms with Gasteiger partial charge in [-0.1, -0.05) is 0 Å². The molecule has 0 bridgehead atoms. The van der Waals surface area contributed by atoms with Gasteiger partial charge in [-0.2, -0.15) is 0 Å². The van der Waals surface area contributed by atoms with Gasteiger partial charge >= 0.3 is 5.97 Å². The molecule has 0 aromatic heterocycles. The van der Waals surface area contributed by atoms with E-state index in [1.807, 2.05) is 0 Å². The molecular weight excluding hydrogens is 367 g/mol. The third kappa shape index (κ3) is 4.64. The Labute approximate surface area is 161 Å². The predicted octanol–water partition coefficient (Wildman–Crippen LogP) is 2.37. The molecule has 1 saturated heterocycles. The van der Waals surface area contributed by atoms with Crippen molar-refractivity contribution in [1.29, 1.82) is 0 Å². The molecule has 2 aromatic rings. The van der Waals surface area contributed by atoms with Gasteiger partial charge in [0.05, 0.1) is 13.0 Å². The summed E-state index contributed by atoms with van der Waals surface area (Å²) in [6, 6.07) is 12.1. The standard InChI is InChI=1S/C20H19FN2O5/c1-27-17-8-6-16(7-9-17)23-11-13(10-19(23)25)20(26)28-12-18(24)22-15-4-2-14(21)3-5-15/h2-9,13H,10-12H2,1H3,(H,22,24). The second-order valence-electron chi connectivity index (χ2n) is 6.27. The number of methoxy groups -OCH3 is 1. The number of hydrogen-bond donors (Lipinski definition) is 1. The van der Waals surface area contributed by atoms with E-state index in [9.17, 15) is 18.8 Å². The van der Waals surface area contributed by atoms with E-state index in [0.717, 1.165) is 0 Å². The highest BCUT2D eigenvalue weighted by atomic mass is 19.1. The van der Waals surface area contributed by atoms with Crippen LogP contribution in [0.5, 0.6) is 5.75 Å². The number of halogens is 1. The second kappa shape index (κ2) is 8.51. The molecule has 146 valence electrons. The summed E-state index contributed by atoms with van der Waals surface area (Å²) in [5, 5.41) is 2.50. The van der Waals surface area contributed by atoms with E-state index < -0.39 is 30.2 Å². The lowest BCUT2D eigenvalue weighted by Crippen LogP contribution is -2.28. The van der Waals surface area contributed by atoms with Crippen LogP contribution in [0.15, 0.2) is 48.5 Å². The highest BCUT2D eigenvalue weighted by molar-refractivity contribution is 6.00. The summed E-state index contributed by atoms with van der Waals surface area (Å²) < 4.78 is 23.0. The van der Waals surface area contributed by atoms with E-state index >= 15 is 0 Å². The maximum absolute atomic E-state index is 12.9. The van der Waals surface area contributed by atoms with Gasteiger partial charge in [-0.05, 0) is 48.5 Å². The van der Waals surface area contributed by atoms with Crippen LogP contribution in [0.4, 0.5) is 15.8 Å². The van der Waals surface area contributed by atoms with E-state index in [0.29, 0.717) is 17.1 Å². The number of carbonyl (C=O) groups excluding carboxylic acids is 3. The Morgan fingerprint density at radius 1 is 1.14 bits per heavy atom. The molecule has 0 spiro atoms. The molecule has 1 fully saturated rings. The number of carbonyl (C=O) groups is 3. The average molecular weight is 386 g/mol. The van der Waals surface area contributed by atoms with Crippen LogP contribution in [0, 0.1) is 11.7 Å². The molecule has 7 nitrogen and oxygen atoms in total. The monoisotopic (exact) mass is 386 g/mol. The third-order valence-electron chi connectivity index (χ3n) is 4.32. The number of esters is 1. The van der Waals surface area contributed by atoms with Gasteiger partial charge in [0.1, 0.15) is 11.6 Å². The summed E-state index contributed by atoms with van der Waals surface area (Å²) in [4.78, 5) is 37.8. The summed E-state index contributed by atoms with van der Waals surface area (Å²) in [5.41, 5.74) is 1.05. The average Bonchev–Trinajstić information content (AvgIpc) is 3.10. The van der Waals surface area contributed by atoms with Crippen LogP contribution in [0.3, 0.4) is 0 Å². The minimum Gasteiger partial charge on any atom is -0.497 e. The van der Waals surface area contributed by atoms with Crippen LogP contribution < -0.4 is 15.0 Å². The van der Waals surface area contributed by atoms with Gasteiger partial charge in [-0.15, -0.1) is 0 Å². The van der Waals surface area contributed by atoms with Crippen LogP contribution in [-0.4, -0.2) is 38.0 Å². The van der Waals surface area contributed by atoms with Crippen molar-refractivity contribution in [2.24, 2.45) is 5.92 Å². The Balaban J connectivity index is 1.51.